The summed E-state index contributed by atoms with van der Waals surface area (Å²) >= 11 is 6.30. The Bertz CT molecular complexity index is 550. The lowest BCUT2D eigenvalue weighted by Gasteiger charge is -2.16. The van der Waals surface area contributed by atoms with Gasteiger partial charge in [-0.05, 0) is 23.8 Å². The van der Waals surface area contributed by atoms with Crippen molar-refractivity contribution >= 4 is 23.0 Å². The van der Waals surface area contributed by atoms with Crippen LogP contribution in [0.25, 0.3) is 11.1 Å². The molecule has 0 amide bonds. The van der Waals surface area contributed by atoms with Gasteiger partial charge in [-0.25, -0.2) is 0 Å². The van der Waals surface area contributed by atoms with E-state index in [1.807, 2.05) is 39.3 Å². The molecule has 0 saturated heterocycles. The second-order valence-electron chi connectivity index (χ2n) is 4.27. The highest BCUT2D eigenvalue weighted by Gasteiger charge is 2.09. The van der Waals surface area contributed by atoms with E-state index in [9.17, 15) is 0 Å². The summed E-state index contributed by atoms with van der Waals surface area (Å²) < 4.78 is 0. The van der Waals surface area contributed by atoms with Gasteiger partial charge in [-0.2, -0.15) is 0 Å². The van der Waals surface area contributed by atoms with E-state index in [1.165, 1.54) is 0 Å². The summed E-state index contributed by atoms with van der Waals surface area (Å²) in [4.78, 5) is 2.07. The molecule has 1 N–H and O–H groups in total. The van der Waals surface area contributed by atoms with Gasteiger partial charge in [0.15, 0.2) is 0 Å². The quantitative estimate of drug-likeness (QED) is 0.899. The summed E-state index contributed by atoms with van der Waals surface area (Å²) in [5.41, 5.74) is 4.14. The van der Waals surface area contributed by atoms with Crippen LogP contribution in [0.15, 0.2) is 36.4 Å². The summed E-state index contributed by atoms with van der Waals surface area (Å²) in [6.07, 6.45) is 0. The van der Waals surface area contributed by atoms with Crippen molar-refractivity contribution in [2.24, 2.45) is 0 Å². The van der Waals surface area contributed by atoms with Crippen molar-refractivity contribution in [3.8, 4) is 11.1 Å². The van der Waals surface area contributed by atoms with E-state index in [0.29, 0.717) is 0 Å². The normalized spacial score (nSPS) is 10.2. The molecule has 0 saturated carbocycles. The standard InChI is InChI=1S/C15H16ClN2/c1-17-14-9-5-8-13(16)15(14)11-6-4-7-12(10-11)18(2)3/h4-8,10,17H,1-3H3. The van der Waals surface area contributed by atoms with Crippen molar-refractivity contribution in [2.75, 3.05) is 31.4 Å². The highest BCUT2D eigenvalue weighted by atomic mass is 35.5. The number of hydrogen-bond acceptors (Lipinski definition) is 2. The molecule has 2 aromatic rings. The van der Waals surface area contributed by atoms with Crippen LogP contribution >= 0.6 is 11.6 Å². The van der Waals surface area contributed by atoms with E-state index >= 15 is 0 Å². The van der Waals surface area contributed by atoms with Crippen LogP contribution in [0, 0.1) is 6.07 Å². The number of halogens is 1. The molecular weight excluding hydrogens is 244 g/mol. The van der Waals surface area contributed by atoms with Gasteiger partial charge in [-0.1, -0.05) is 29.8 Å². The van der Waals surface area contributed by atoms with Crippen LogP contribution in [0.4, 0.5) is 11.4 Å². The molecule has 0 spiro atoms. The molecule has 0 bridgehead atoms. The third-order valence-electron chi connectivity index (χ3n) is 2.85. The van der Waals surface area contributed by atoms with E-state index in [-0.39, 0.29) is 0 Å². The fourth-order valence-electron chi connectivity index (χ4n) is 1.89. The monoisotopic (exact) mass is 259 g/mol. The van der Waals surface area contributed by atoms with Gasteiger partial charge in [0.1, 0.15) is 0 Å². The maximum absolute atomic E-state index is 6.30. The van der Waals surface area contributed by atoms with Crippen LogP contribution in [0.1, 0.15) is 0 Å². The minimum absolute atomic E-state index is 0.731. The Labute approximate surface area is 113 Å². The van der Waals surface area contributed by atoms with Gasteiger partial charge in [0, 0.05) is 38.5 Å². The highest BCUT2D eigenvalue weighted by molar-refractivity contribution is 6.34. The number of nitrogens with one attached hydrogen (secondary N) is 1. The van der Waals surface area contributed by atoms with Gasteiger partial charge in [-0.15, -0.1) is 0 Å². The summed E-state index contributed by atoms with van der Waals surface area (Å²) in [6.45, 7) is 0. The van der Waals surface area contributed by atoms with Gasteiger partial charge >= 0.3 is 0 Å². The fraction of sp³-hybridized carbons (Fsp3) is 0.200. The lowest BCUT2D eigenvalue weighted by Crippen LogP contribution is -2.08. The first-order chi connectivity index (χ1) is 8.63. The van der Waals surface area contributed by atoms with Gasteiger partial charge in [0.2, 0.25) is 0 Å². The van der Waals surface area contributed by atoms with Crippen LogP contribution in [0.3, 0.4) is 0 Å². The molecule has 0 heterocycles. The number of hydrogen-bond donors (Lipinski definition) is 1. The SMILES string of the molecule is CNc1[c]ccc(Cl)c1-c1cccc(N(C)C)c1. The smallest absolute Gasteiger partial charge is 0.0512 e. The second-order valence-corrected chi connectivity index (χ2v) is 4.68. The number of anilines is 2. The predicted molar refractivity (Wildman–Crippen MR) is 79.6 cm³/mol. The first-order valence-electron chi connectivity index (χ1n) is 5.79. The van der Waals surface area contributed by atoms with Crippen molar-refractivity contribution in [3.63, 3.8) is 0 Å². The van der Waals surface area contributed by atoms with Crippen molar-refractivity contribution < 1.29 is 0 Å². The van der Waals surface area contributed by atoms with E-state index in [1.54, 1.807) is 0 Å². The molecule has 93 valence electrons. The van der Waals surface area contributed by atoms with Crippen molar-refractivity contribution in [1.29, 1.82) is 0 Å². The topological polar surface area (TPSA) is 15.3 Å². The van der Waals surface area contributed by atoms with Crippen LogP contribution in [0.5, 0.6) is 0 Å². The molecule has 0 atom stereocenters. The molecular formula is C15H16ClN2. The second kappa shape index (κ2) is 5.32. The molecule has 0 aliphatic heterocycles. The Morgan fingerprint density at radius 1 is 1.22 bits per heavy atom. The molecule has 2 nitrogen and oxygen atoms in total. The average Bonchev–Trinajstić information content (AvgIpc) is 2.38. The molecule has 18 heavy (non-hydrogen) atoms. The van der Waals surface area contributed by atoms with Crippen molar-refractivity contribution in [1.82, 2.24) is 0 Å². The molecule has 2 aromatic carbocycles. The predicted octanol–water partition coefficient (Wildman–Crippen LogP) is 3.91. The number of rotatable bonds is 3. The van der Waals surface area contributed by atoms with Crippen LogP contribution < -0.4 is 10.2 Å². The van der Waals surface area contributed by atoms with Crippen LogP contribution in [0.2, 0.25) is 5.02 Å². The third kappa shape index (κ3) is 2.44. The van der Waals surface area contributed by atoms with Gasteiger partial charge in [-0.3, -0.25) is 0 Å². The first-order valence-corrected chi connectivity index (χ1v) is 6.17. The maximum atomic E-state index is 6.30. The minimum atomic E-state index is 0.731. The zero-order valence-electron chi connectivity index (χ0n) is 10.8. The zero-order valence-corrected chi connectivity index (χ0v) is 11.5. The largest absolute Gasteiger partial charge is 0.387 e. The summed E-state index contributed by atoms with van der Waals surface area (Å²) in [6, 6.07) is 15.1. The Balaban J connectivity index is 2.58. The van der Waals surface area contributed by atoms with Crippen molar-refractivity contribution in [3.05, 3.63) is 47.5 Å². The van der Waals surface area contributed by atoms with E-state index in [2.05, 4.69) is 34.5 Å². The average molecular weight is 260 g/mol. The Kier molecular flexibility index (Phi) is 3.78. The maximum Gasteiger partial charge on any atom is 0.0512 e. The molecule has 3 heteroatoms. The molecule has 0 aliphatic carbocycles. The fourth-order valence-corrected chi connectivity index (χ4v) is 2.16. The molecule has 0 unspecified atom stereocenters. The molecule has 0 aliphatic rings. The molecule has 2 rings (SSSR count). The Morgan fingerprint density at radius 3 is 2.67 bits per heavy atom. The summed E-state index contributed by atoms with van der Waals surface area (Å²) in [5.74, 6) is 0. The molecule has 0 fully saturated rings. The van der Waals surface area contributed by atoms with Gasteiger partial charge in [0.05, 0.1) is 10.7 Å². The molecule has 0 aromatic heterocycles. The third-order valence-corrected chi connectivity index (χ3v) is 3.16. The lowest BCUT2D eigenvalue weighted by atomic mass is 10.0. The number of nitrogens with zero attached hydrogens (tertiary/aromatic N) is 1. The Hall–Kier alpha value is -1.67. The highest BCUT2D eigenvalue weighted by Crippen LogP contribution is 2.35. The summed E-state index contributed by atoms with van der Waals surface area (Å²) in [5, 5.41) is 3.86. The van der Waals surface area contributed by atoms with Crippen LogP contribution in [-0.2, 0) is 0 Å². The van der Waals surface area contributed by atoms with E-state index < -0.39 is 0 Å². The zero-order chi connectivity index (χ0) is 13.1. The van der Waals surface area contributed by atoms with Gasteiger partial charge < -0.3 is 10.2 Å². The van der Waals surface area contributed by atoms with E-state index in [4.69, 9.17) is 11.6 Å². The summed E-state index contributed by atoms with van der Waals surface area (Å²) in [7, 11) is 5.93. The lowest BCUT2D eigenvalue weighted by molar-refractivity contribution is 1.13. The minimum Gasteiger partial charge on any atom is -0.387 e. The van der Waals surface area contributed by atoms with Crippen molar-refractivity contribution in [2.45, 2.75) is 0 Å². The van der Waals surface area contributed by atoms with E-state index in [0.717, 1.165) is 27.5 Å². The first kappa shape index (κ1) is 12.8. The number of benzene rings is 2. The van der Waals surface area contributed by atoms with Gasteiger partial charge in [0.25, 0.3) is 0 Å². The Morgan fingerprint density at radius 2 is 2.00 bits per heavy atom. The van der Waals surface area contributed by atoms with Crippen LogP contribution in [-0.4, -0.2) is 21.1 Å². The molecule has 1 radical (unpaired) electrons.